The molecule has 0 unspecified atom stereocenters. The van der Waals surface area contributed by atoms with E-state index in [1.807, 2.05) is 0 Å². The van der Waals surface area contributed by atoms with Crippen molar-refractivity contribution >= 4 is 12.6 Å². The summed E-state index contributed by atoms with van der Waals surface area (Å²) >= 11 is 0. The standard InChI is InChI=1S/C15H20BN3O2/c1-11-6-7-19(18-11)13-8-12(9-17-10-13)16-20-14(2,3)15(4,5)21-16/h6-10H,1-5H3/i1D3,6D,7D,8D,9D,10D. The fraction of sp³-hybridized carbons (Fsp3) is 0.467. The molecular weight excluding hydrogens is 265 g/mol. The highest BCUT2D eigenvalue weighted by atomic mass is 16.7. The first-order valence-electron chi connectivity index (χ1n) is 10.5. The summed E-state index contributed by atoms with van der Waals surface area (Å²) < 4.78 is 75.5. The molecule has 1 aliphatic rings. The van der Waals surface area contributed by atoms with Crippen LogP contribution in [0.5, 0.6) is 0 Å². The zero-order valence-electron chi connectivity index (χ0n) is 20.2. The van der Waals surface area contributed by atoms with E-state index in [1.54, 1.807) is 27.7 Å². The van der Waals surface area contributed by atoms with Gasteiger partial charge in [0.15, 0.2) is 0 Å². The van der Waals surface area contributed by atoms with Gasteiger partial charge in [0.05, 0.1) is 35.6 Å². The summed E-state index contributed by atoms with van der Waals surface area (Å²) in [5, 5.41) is 3.78. The van der Waals surface area contributed by atoms with Crippen molar-refractivity contribution in [3.63, 3.8) is 0 Å². The maximum atomic E-state index is 8.54. The minimum Gasteiger partial charge on any atom is -0.399 e. The molecule has 0 radical (unpaired) electrons. The minimum atomic E-state index is -2.74. The molecule has 21 heavy (non-hydrogen) atoms. The summed E-state index contributed by atoms with van der Waals surface area (Å²) in [5.41, 5.74) is -2.49. The quantitative estimate of drug-likeness (QED) is 0.793. The van der Waals surface area contributed by atoms with Gasteiger partial charge in [-0.1, -0.05) is 0 Å². The smallest absolute Gasteiger partial charge is 0.399 e. The topological polar surface area (TPSA) is 49.2 Å². The minimum absolute atomic E-state index is 0.0634. The number of pyridine rings is 1. The van der Waals surface area contributed by atoms with Crippen LogP contribution in [0.2, 0.25) is 0 Å². The lowest BCUT2D eigenvalue weighted by atomic mass is 9.80. The molecule has 2 aromatic heterocycles. The maximum absolute atomic E-state index is 8.54. The molecule has 1 saturated heterocycles. The molecule has 2 aromatic rings. The Kier molecular flexibility index (Phi) is 1.68. The van der Waals surface area contributed by atoms with Gasteiger partial charge in [-0.3, -0.25) is 4.98 Å². The first-order chi connectivity index (χ1) is 13.1. The van der Waals surface area contributed by atoms with Gasteiger partial charge in [0, 0.05) is 21.9 Å². The van der Waals surface area contributed by atoms with Crippen molar-refractivity contribution < 1.29 is 20.3 Å². The average molecular weight is 293 g/mol. The van der Waals surface area contributed by atoms with E-state index in [2.05, 4.69) is 10.1 Å². The van der Waals surface area contributed by atoms with Crippen molar-refractivity contribution in [2.75, 3.05) is 0 Å². The predicted molar refractivity (Wildman–Crippen MR) is 81.8 cm³/mol. The molecule has 1 fully saturated rings. The lowest BCUT2D eigenvalue weighted by Crippen LogP contribution is -2.41. The zero-order valence-corrected chi connectivity index (χ0v) is 12.2. The Balaban J connectivity index is 2.21. The summed E-state index contributed by atoms with van der Waals surface area (Å²) in [6.45, 7) is 4.48. The highest BCUT2D eigenvalue weighted by molar-refractivity contribution is 6.62. The maximum Gasteiger partial charge on any atom is 0.496 e. The summed E-state index contributed by atoms with van der Waals surface area (Å²) in [4.78, 5) is 3.80. The lowest BCUT2D eigenvalue weighted by molar-refractivity contribution is 0.00578. The molecule has 0 aliphatic carbocycles. The van der Waals surface area contributed by atoms with Gasteiger partial charge in [-0.15, -0.1) is 0 Å². The van der Waals surface area contributed by atoms with Crippen molar-refractivity contribution in [3.8, 4) is 5.69 Å². The Hall–Kier alpha value is -1.66. The number of hydrogen-bond acceptors (Lipinski definition) is 4. The van der Waals surface area contributed by atoms with Crippen LogP contribution in [-0.4, -0.2) is 33.1 Å². The fourth-order valence-electron chi connectivity index (χ4n) is 1.86. The Morgan fingerprint density at radius 3 is 2.57 bits per heavy atom. The second kappa shape index (κ2) is 4.68. The molecule has 110 valence electrons. The molecule has 0 atom stereocenters. The number of rotatable bonds is 2. The van der Waals surface area contributed by atoms with Crippen LogP contribution in [0.1, 0.15) is 44.4 Å². The zero-order chi connectivity index (χ0) is 22.1. The van der Waals surface area contributed by atoms with Gasteiger partial charge in [-0.25, -0.2) is 4.68 Å². The van der Waals surface area contributed by atoms with E-state index < -0.39 is 61.5 Å². The Morgan fingerprint density at radius 2 is 1.95 bits per heavy atom. The Labute approximate surface area is 136 Å². The first-order valence-corrected chi connectivity index (χ1v) is 6.49. The second-order valence-corrected chi connectivity index (χ2v) is 5.81. The van der Waals surface area contributed by atoms with Gasteiger partial charge < -0.3 is 9.31 Å². The SMILES string of the molecule is [2H]c1nc([2H])c(-n2nc(C([2H])([2H])[2H])c([2H])c2[2H])c([2H])c1B1OC(C)(C)C(C)(C)O1. The molecule has 6 heteroatoms. The van der Waals surface area contributed by atoms with Crippen LogP contribution in [0.3, 0.4) is 0 Å². The van der Waals surface area contributed by atoms with E-state index in [1.165, 1.54) is 0 Å². The van der Waals surface area contributed by atoms with Gasteiger partial charge >= 0.3 is 7.12 Å². The van der Waals surface area contributed by atoms with Crippen molar-refractivity contribution in [1.29, 1.82) is 0 Å². The Morgan fingerprint density at radius 1 is 1.24 bits per heavy atom. The summed E-state index contributed by atoms with van der Waals surface area (Å²) in [6, 6.07) is -1.03. The van der Waals surface area contributed by atoms with Crippen LogP contribution in [0.25, 0.3) is 5.69 Å². The highest BCUT2D eigenvalue weighted by Gasteiger charge is 2.51. The molecule has 3 heterocycles. The van der Waals surface area contributed by atoms with E-state index in [-0.39, 0.29) is 11.2 Å². The van der Waals surface area contributed by atoms with Crippen LogP contribution < -0.4 is 5.46 Å². The van der Waals surface area contributed by atoms with Crippen molar-refractivity contribution in [1.82, 2.24) is 14.8 Å². The van der Waals surface area contributed by atoms with Crippen LogP contribution in [0.4, 0.5) is 0 Å². The molecule has 3 rings (SSSR count). The van der Waals surface area contributed by atoms with Crippen molar-refractivity contribution in [2.45, 2.75) is 45.7 Å². The van der Waals surface area contributed by atoms with E-state index in [0.717, 1.165) is 4.68 Å². The van der Waals surface area contributed by atoms with Gasteiger partial charge in [-0.05, 0) is 46.6 Å². The van der Waals surface area contributed by atoms with Crippen molar-refractivity contribution in [2.24, 2.45) is 0 Å². The van der Waals surface area contributed by atoms with Gasteiger partial charge in [0.2, 0.25) is 0 Å². The molecule has 0 aromatic carbocycles. The molecule has 0 spiro atoms. The number of hydrogen-bond donors (Lipinski definition) is 0. The summed E-state index contributed by atoms with van der Waals surface area (Å²) in [6.07, 6.45) is -1.55. The third-order valence-corrected chi connectivity index (χ3v) is 3.77. The number of aromatic nitrogens is 3. The molecule has 5 nitrogen and oxygen atoms in total. The molecule has 1 aliphatic heterocycles. The molecule has 0 saturated carbocycles. The van der Waals surface area contributed by atoms with Crippen LogP contribution in [0.15, 0.2) is 30.6 Å². The second-order valence-electron chi connectivity index (χ2n) is 5.81. The van der Waals surface area contributed by atoms with Gasteiger partial charge in [-0.2, -0.15) is 5.10 Å². The largest absolute Gasteiger partial charge is 0.496 e. The lowest BCUT2D eigenvalue weighted by Gasteiger charge is -2.32. The van der Waals surface area contributed by atoms with Gasteiger partial charge in [0.25, 0.3) is 0 Å². The number of nitrogens with zero attached hydrogens (tertiary/aromatic N) is 3. The Bertz CT molecular complexity index is 973. The normalized spacial score (nSPS) is 26.0. The van der Waals surface area contributed by atoms with E-state index in [9.17, 15) is 0 Å². The number of aryl methyl sites for hydroxylation is 1. The monoisotopic (exact) mass is 293 g/mol. The van der Waals surface area contributed by atoms with Crippen LogP contribution >= 0.6 is 0 Å². The van der Waals surface area contributed by atoms with E-state index in [0.29, 0.717) is 0 Å². The van der Waals surface area contributed by atoms with Gasteiger partial charge in [0.1, 0.15) is 0 Å². The first kappa shape index (κ1) is 7.56. The predicted octanol–water partition coefficient (Wildman–Crippen LogP) is 1.87. The third-order valence-electron chi connectivity index (χ3n) is 3.77. The van der Waals surface area contributed by atoms with E-state index >= 15 is 0 Å². The summed E-state index contributed by atoms with van der Waals surface area (Å²) in [7, 11) is -1.12. The van der Waals surface area contributed by atoms with Crippen LogP contribution in [0, 0.1) is 6.85 Å². The molecule has 0 amide bonds. The fourth-order valence-corrected chi connectivity index (χ4v) is 1.86. The summed E-state index contributed by atoms with van der Waals surface area (Å²) in [5.74, 6) is 0. The highest BCUT2D eigenvalue weighted by Crippen LogP contribution is 2.36. The van der Waals surface area contributed by atoms with E-state index in [4.69, 9.17) is 20.3 Å². The molecule has 0 N–H and O–H groups in total. The van der Waals surface area contributed by atoms with Crippen LogP contribution in [-0.2, 0) is 9.31 Å². The molecular formula is C15H20BN3O2. The average Bonchev–Trinajstić information content (AvgIpc) is 2.93. The third kappa shape index (κ3) is 2.49. The molecule has 0 bridgehead atoms. The van der Waals surface area contributed by atoms with Crippen molar-refractivity contribution in [3.05, 3.63) is 36.3 Å².